The van der Waals surface area contributed by atoms with Gasteiger partial charge in [-0.1, -0.05) is 60.7 Å². The van der Waals surface area contributed by atoms with Crippen LogP contribution in [0.3, 0.4) is 0 Å². The van der Waals surface area contributed by atoms with Crippen LogP contribution < -0.4 is 4.74 Å². The van der Waals surface area contributed by atoms with E-state index in [1.807, 2.05) is 72.8 Å². The Bertz CT molecular complexity index is 855. The molecule has 0 unspecified atom stereocenters. The zero-order valence-corrected chi connectivity index (χ0v) is 13.3. The average Bonchev–Trinajstić information content (AvgIpc) is 2.67. The predicted molar refractivity (Wildman–Crippen MR) is 95.8 cm³/mol. The number of hydrogen-bond acceptors (Lipinski definition) is 2. The van der Waals surface area contributed by atoms with Gasteiger partial charge in [-0.3, -0.25) is 4.79 Å². The number of rotatable bonds is 4. The normalized spacial score (nSPS) is 11.1. The first-order chi connectivity index (χ1) is 11.8. The molecular weight excluding hydrogens is 298 g/mol. The van der Waals surface area contributed by atoms with Crippen LogP contribution in [0.5, 0.6) is 5.75 Å². The molecule has 0 aromatic heterocycles. The molecular formula is C21H17NO2. The van der Waals surface area contributed by atoms with Crippen LogP contribution in [0, 0.1) is 0 Å². The summed E-state index contributed by atoms with van der Waals surface area (Å²) in [6, 6.07) is 26.3. The first kappa shape index (κ1) is 15.7. The van der Waals surface area contributed by atoms with Crippen molar-refractivity contribution in [1.82, 2.24) is 0 Å². The molecule has 0 aliphatic carbocycles. The molecule has 0 fully saturated rings. The van der Waals surface area contributed by atoms with E-state index >= 15 is 0 Å². The third-order valence-corrected chi connectivity index (χ3v) is 3.62. The van der Waals surface area contributed by atoms with E-state index in [0.29, 0.717) is 11.3 Å². The number of benzene rings is 3. The largest absolute Gasteiger partial charge is 0.497 e. The minimum absolute atomic E-state index is 0.266. The number of carbonyl (C=O) groups excluding carboxylic acids is 1. The average molecular weight is 315 g/mol. The minimum atomic E-state index is -0.266. The third kappa shape index (κ3) is 3.58. The fraction of sp³-hybridized carbons (Fsp3) is 0.0476. The summed E-state index contributed by atoms with van der Waals surface area (Å²) in [7, 11) is 1.62. The van der Waals surface area contributed by atoms with Gasteiger partial charge >= 0.3 is 0 Å². The van der Waals surface area contributed by atoms with Crippen molar-refractivity contribution in [3.05, 3.63) is 102 Å². The van der Waals surface area contributed by atoms with Gasteiger partial charge in [0.2, 0.25) is 0 Å². The first-order valence-electron chi connectivity index (χ1n) is 7.66. The van der Waals surface area contributed by atoms with Gasteiger partial charge in [0.25, 0.3) is 5.91 Å². The molecule has 0 saturated carbocycles. The SMILES string of the molecule is COc1cccc(C(=NC(=O)c2ccccc2)c2ccccc2)c1. The number of amides is 1. The Hall–Kier alpha value is -3.20. The number of aliphatic imine (C=N–C) groups is 1. The second-order valence-electron chi connectivity index (χ2n) is 5.23. The van der Waals surface area contributed by atoms with Gasteiger partial charge in [-0.05, 0) is 24.3 Å². The lowest BCUT2D eigenvalue weighted by atomic mass is 10.0. The van der Waals surface area contributed by atoms with Crippen LogP contribution in [0.4, 0.5) is 0 Å². The smallest absolute Gasteiger partial charge is 0.277 e. The van der Waals surface area contributed by atoms with Crippen molar-refractivity contribution in [2.24, 2.45) is 4.99 Å². The van der Waals surface area contributed by atoms with Crippen molar-refractivity contribution in [2.45, 2.75) is 0 Å². The third-order valence-electron chi connectivity index (χ3n) is 3.62. The van der Waals surface area contributed by atoms with Gasteiger partial charge in [0.1, 0.15) is 5.75 Å². The summed E-state index contributed by atoms with van der Waals surface area (Å²) < 4.78 is 5.29. The van der Waals surface area contributed by atoms with E-state index in [9.17, 15) is 4.79 Å². The van der Waals surface area contributed by atoms with Crippen LogP contribution in [0.2, 0.25) is 0 Å². The lowest BCUT2D eigenvalue weighted by Crippen LogP contribution is -2.08. The molecule has 0 aliphatic rings. The highest BCUT2D eigenvalue weighted by molar-refractivity contribution is 6.18. The van der Waals surface area contributed by atoms with Crippen molar-refractivity contribution >= 4 is 11.6 Å². The highest BCUT2D eigenvalue weighted by Crippen LogP contribution is 2.18. The van der Waals surface area contributed by atoms with Crippen molar-refractivity contribution in [1.29, 1.82) is 0 Å². The van der Waals surface area contributed by atoms with Crippen LogP contribution in [-0.2, 0) is 0 Å². The second kappa shape index (κ2) is 7.38. The summed E-state index contributed by atoms with van der Waals surface area (Å²) in [6.07, 6.45) is 0. The molecule has 3 aromatic rings. The van der Waals surface area contributed by atoms with E-state index in [-0.39, 0.29) is 5.91 Å². The second-order valence-corrected chi connectivity index (χ2v) is 5.23. The fourth-order valence-corrected chi connectivity index (χ4v) is 2.41. The van der Waals surface area contributed by atoms with Crippen LogP contribution in [-0.4, -0.2) is 18.7 Å². The van der Waals surface area contributed by atoms with E-state index < -0.39 is 0 Å². The molecule has 0 spiro atoms. The Kier molecular flexibility index (Phi) is 4.82. The minimum Gasteiger partial charge on any atom is -0.497 e. The lowest BCUT2D eigenvalue weighted by Gasteiger charge is -2.09. The van der Waals surface area contributed by atoms with E-state index in [1.54, 1.807) is 19.2 Å². The summed E-state index contributed by atoms with van der Waals surface area (Å²) in [5, 5.41) is 0. The molecule has 3 rings (SSSR count). The maximum Gasteiger partial charge on any atom is 0.277 e. The highest BCUT2D eigenvalue weighted by atomic mass is 16.5. The van der Waals surface area contributed by atoms with Gasteiger partial charge in [-0.25, -0.2) is 4.99 Å². The first-order valence-corrected chi connectivity index (χ1v) is 7.66. The van der Waals surface area contributed by atoms with Gasteiger partial charge in [-0.15, -0.1) is 0 Å². The van der Waals surface area contributed by atoms with E-state index in [2.05, 4.69) is 4.99 Å². The highest BCUT2D eigenvalue weighted by Gasteiger charge is 2.11. The van der Waals surface area contributed by atoms with Crippen molar-refractivity contribution in [2.75, 3.05) is 7.11 Å². The number of carbonyl (C=O) groups is 1. The zero-order chi connectivity index (χ0) is 16.8. The quantitative estimate of drug-likeness (QED) is 0.670. The number of ether oxygens (including phenoxy) is 1. The standard InChI is InChI=1S/C21H17NO2/c1-24-19-14-8-13-18(15-19)20(16-9-4-2-5-10-16)22-21(23)17-11-6-3-7-12-17/h2-15H,1H3. The van der Waals surface area contributed by atoms with Crippen molar-refractivity contribution in [3.63, 3.8) is 0 Å². The monoisotopic (exact) mass is 315 g/mol. The van der Waals surface area contributed by atoms with Gasteiger partial charge < -0.3 is 4.74 Å². The number of methoxy groups -OCH3 is 1. The molecule has 118 valence electrons. The molecule has 24 heavy (non-hydrogen) atoms. The Morgan fingerprint density at radius 1 is 0.750 bits per heavy atom. The van der Waals surface area contributed by atoms with Crippen molar-refractivity contribution in [3.8, 4) is 5.75 Å². The molecule has 3 nitrogen and oxygen atoms in total. The van der Waals surface area contributed by atoms with Crippen LogP contribution in [0.15, 0.2) is 89.9 Å². The molecule has 0 N–H and O–H groups in total. The Morgan fingerprint density at radius 3 is 1.96 bits per heavy atom. The topological polar surface area (TPSA) is 38.7 Å². The van der Waals surface area contributed by atoms with Crippen molar-refractivity contribution < 1.29 is 9.53 Å². The molecule has 0 atom stereocenters. The van der Waals surface area contributed by atoms with E-state index in [0.717, 1.165) is 16.9 Å². The summed E-state index contributed by atoms with van der Waals surface area (Å²) in [4.78, 5) is 16.9. The molecule has 3 heteroatoms. The number of nitrogens with zero attached hydrogens (tertiary/aromatic N) is 1. The molecule has 0 aliphatic heterocycles. The summed E-state index contributed by atoms with van der Waals surface area (Å²) in [6.45, 7) is 0. The van der Waals surface area contributed by atoms with Crippen LogP contribution >= 0.6 is 0 Å². The van der Waals surface area contributed by atoms with Gasteiger partial charge in [-0.2, -0.15) is 0 Å². The summed E-state index contributed by atoms with van der Waals surface area (Å²) >= 11 is 0. The lowest BCUT2D eigenvalue weighted by molar-refractivity contribution is 0.100. The zero-order valence-electron chi connectivity index (χ0n) is 13.3. The van der Waals surface area contributed by atoms with Crippen LogP contribution in [0.1, 0.15) is 21.5 Å². The van der Waals surface area contributed by atoms with Gasteiger partial charge in [0, 0.05) is 16.7 Å². The molecule has 0 bridgehead atoms. The van der Waals surface area contributed by atoms with E-state index in [4.69, 9.17) is 4.74 Å². The maximum absolute atomic E-state index is 12.5. The predicted octanol–water partition coefficient (Wildman–Crippen LogP) is 4.37. The molecule has 0 heterocycles. The van der Waals surface area contributed by atoms with Gasteiger partial charge in [0.05, 0.1) is 12.8 Å². The Labute approximate surface area is 141 Å². The molecule has 3 aromatic carbocycles. The summed E-state index contributed by atoms with van der Waals surface area (Å²) in [5.74, 6) is 0.459. The molecule has 1 amide bonds. The summed E-state index contributed by atoms with van der Waals surface area (Å²) in [5.41, 5.74) is 2.91. The van der Waals surface area contributed by atoms with Gasteiger partial charge in [0.15, 0.2) is 0 Å². The Morgan fingerprint density at radius 2 is 1.33 bits per heavy atom. The maximum atomic E-state index is 12.5. The molecule has 0 saturated heterocycles. The number of hydrogen-bond donors (Lipinski definition) is 0. The molecule has 0 radical (unpaired) electrons. The Balaban J connectivity index is 2.09. The van der Waals surface area contributed by atoms with Crippen LogP contribution in [0.25, 0.3) is 0 Å². The fourth-order valence-electron chi connectivity index (χ4n) is 2.41. The van der Waals surface area contributed by atoms with E-state index in [1.165, 1.54) is 0 Å².